The molecule has 2 aliphatic rings. The summed E-state index contributed by atoms with van der Waals surface area (Å²) in [6.07, 6.45) is 2.17. The Labute approximate surface area is 192 Å². The summed E-state index contributed by atoms with van der Waals surface area (Å²) < 4.78 is 5.36. The number of thiophene rings is 1. The van der Waals surface area contributed by atoms with Crippen LogP contribution < -0.4 is 5.32 Å². The standard InChI is InChI=1S/C24H28N4O3S/c25-16-20-19-8-11-28(23(30)9-10-27-12-14-31-15-13-27)17-21(19)32-24(20)26-22(29)7-6-18-4-2-1-3-5-18/h1-5H,6-15,17H2,(H,26,29). The molecule has 168 valence electrons. The summed E-state index contributed by atoms with van der Waals surface area (Å²) in [5, 5.41) is 13.2. The van der Waals surface area contributed by atoms with Crippen molar-refractivity contribution in [2.45, 2.75) is 32.2 Å². The first-order valence-corrected chi connectivity index (χ1v) is 11.9. The van der Waals surface area contributed by atoms with E-state index in [1.54, 1.807) is 0 Å². The summed E-state index contributed by atoms with van der Waals surface area (Å²) in [5.74, 6) is 0.0462. The first-order chi connectivity index (χ1) is 15.6. The Morgan fingerprint density at radius 2 is 1.91 bits per heavy atom. The van der Waals surface area contributed by atoms with E-state index in [0.29, 0.717) is 49.3 Å². The van der Waals surface area contributed by atoms with Crippen LogP contribution in [0.4, 0.5) is 5.00 Å². The Morgan fingerprint density at radius 1 is 1.12 bits per heavy atom. The Balaban J connectivity index is 1.34. The summed E-state index contributed by atoms with van der Waals surface area (Å²) >= 11 is 1.43. The quantitative estimate of drug-likeness (QED) is 0.698. The molecular formula is C24H28N4O3S. The summed E-state index contributed by atoms with van der Waals surface area (Å²) in [6, 6.07) is 12.1. The number of rotatable bonds is 7. The average molecular weight is 453 g/mol. The number of nitrogens with zero attached hydrogens (tertiary/aromatic N) is 3. The van der Waals surface area contributed by atoms with Crippen LogP contribution in [0.3, 0.4) is 0 Å². The van der Waals surface area contributed by atoms with E-state index in [0.717, 1.165) is 48.9 Å². The number of ether oxygens (including phenoxy) is 1. The maximum atomic E-state index is 12.7. The van der Waals surface area contributed by atoms with Crippen LogP contribution in [0.2, 0.25) is 0 Å². The number of anilines is 1. The SMILES string of the molecule is N#Cc1c(NC(=O)CCc2ccccc2)sc2c1CCN(C(=O)CCN1CCOCC1)C2. The second kappa shape index (κ2) is 10.7. The lowest BCUT2D eigenvalue weighted by Gasteiger charge is -2.30. The van der Waals surface area contributed by atoms with Crippen molar-refractivity contribution in [3.05, 3.63) is 51.9 Å². The molecule has 32 heavy (non-hydrogen) atoms. The maximum Gasteiger partial charge on any atom is 0.225 e. The van der Waals surface area contributed by atoms with Gasteiger partial charge in [-0.3, -0.25) is 14.5 Å². The molecule has 7 nitrogen and oxygen atoms in total. The van der Waals surface area contributed by atoms with E-state index >= 15 is 0 Å². The van der Waals surface area contributed by atoms with Crippen LogP contribution in [-0.2, 0) is 33.7 Å². The molecule has 1 fully saturated rings. The highest BCUT2D eigenvalue weighted by Crippen LogP contribution is 2.37. The van der Waals surface area contributed by atoms with Gasteiger partial charge in [-0.1, -0.05) is 30.3 Å². The number of carbonyl (C=O) groups is 2. The molecule has 2 aromatic rings. The largest absolute Gasteiger partial charge is 0.379 e. The van der Waals surface area contributed by atoms with Gasteiger partial charge in [0.1, 0.15) is 11.1 Å². The van der Waals surface area contributed by atoms with Crippen molar-refractivity contribution >= 4 is 28.2 Å². The summed E-state index contributed by atoms with van der Waals surface area (Å²) in [4.78, 5) is 30.4. The number of hydrogen-bond donors (Lipinski definition) is 1. The van der Waals surface area contributed by atoms with Crippen molar-refractivity contribution in [1.82, 2.24) is 9.80 Å². The third-order valence-corrected chi connectivity index (χ3v) is 7.14. The predicted molar refractivity (Wildman–Crippen MR) is 123 cm³/mol. The third-order valence-electron chi connectivity index (χ3n) is 6.00. The molecule has 8 heteroatoms. The lowest BCUT2D eigenvalue weighted by molar-refractivity contribution is -0.132. The number of morpholine rings is 1. The van der Waals surface area contributed by atoms with Gasteiger partial charge in [0, 0.05) is 43.9 Å². The zero-order valence-corrected chi connectivity index (χ0v) is 19.0. The number of nitrogens with one attached hydrogen (secondary N) is 1. The van der Waals surface area contributed by atoms with Gasteiger partial charge in [-0.05, 0) is 24.0 Å². The molecule has 0 aliphatic carbocycles. The highest BCUT2D eigenvalue weighted by molar-refractivity contribution is 7.16. The molecule has 2 amide bonds. The first kappa shape index (κ1) is 22.5. The topological polar surface area (TPSA) is 85.7 Å². The normalized spacial score (nSPS) is 16.3. The minimum atomic E-state index is -0.0950. The van der Waals surface area contributed by atoms with Gasteiger partial charge in [-0.25, -0.2) is 0 Å². The molecule has 1 saturated heterocycles. The number of carbonyl (C=O) groups excluding carboxylic acids is 2. The van der Waals surface area contributed by atoms with Gasteiger partial charge in [0.25, 0.3) is 0 Å². The Bertz CT molecular complexity index is 993. The molecule has 0 bridgehead atoms. The monoisotopic (exact) mass is 452 g/mol. The highest BCUT2D eigenvalue weighted by Gasteiger charge is 2.27. The zero-order valence-electron chi connectivity index (χ0n) is 18.1. The average Bonchev–Trinajstić information content (AvgIpc) is 3.18. The van der Waals surface area contributed by atoms with E-state index in [1.165, 1.54) is 11.3 Å². The molecule has 0 radical (unpaired) electrons. The van der Waals surface area contributed by atoms with Gasteiger partial charge in [0.2, 0.25) is 11.8 Å². The van der Waals surface area contributed by atoms with Crippen LogP contribution in [0.15, 0.2) is 30.3 Å². The van der Waals surface area contributed by atoms with Crippen LogP contribution in [0.5, 0.6) is 0 Å². The maximum absolute atomic E-state index is 12.7. The highest BCUT2D eigenvalue weighted by atomic mass is 32.1. The van der Waals surface area contributed by atoms with Crippen molar-refractivity contribution in [3.8, 4) is 6.07 Å². The molecule has 2 aliphatic heterocycles. The number of nitriles is 1. The molecule has 1 aromatic carbocycles. The van der Waals surface area contributed by atoms with Crippen LogP contribution >= 0.6 is 11.3 Å². The molecule has 4 rings (SSSR count). The van der Waals surface area contributed by atoms with E-state index in [9.17, 15) is 14.9 Å². The number of fused-ring (bicyclic) bond motifs is 1. The molecule has 0 unspecified atom stereocenters. The number of hydrogen-bond acceptors (Lipinski definition) is 6. The summed E-state index contributed by atoms with van der Waals surface area (Å²) in [5.41, 5.74) is 2.64. The third kappa shape index (κ3) is 5.54. The van der Waals surface area contributed by atoms with E-state index in [1.807, 2.05) is 35.2 Å². The number of aryl methyl sites for hydroxylation is 1. The van der Waals surface area contributed by atoms with E-state index in [4.69, 9.17) is 4.74 Å². The Morgan fingerprint density at radius 3 is 2.66 bits per heavy atom. The predicted octanol–water partition coefficient (Wildman–Crippen LogP) is 2.80. The number of benzene rings is 1. The second-order valence-electron chi connectivity index (χ2n) is 8.12. The van der Waals surface area contributed by atoms with Crippen molar-refractivity contribution in [1.29, 1.82) is 5.26 Å². The second-order valence-corrected chi connectivity index (χ2v) is 9.23. The molecule has 0 atom stereocenters. The van der Waals surface area contributed by atoms with Crippen molar-refractivity contribution < 1.29 is 14.3 Å². The minimum absolute atomic E-state index is 0.0950. The van der Waals surface area contributed by atoms with Crippen molar-refractivity contribution in [2.75, 3.05) is 44.7 Å². The van der Waals surface area contributed by atoms with Gasteiger partial charge in [-0.2, -0.15) is 5.26 Å². The molecule has 3 heterocycles. The van der Waals surface area contributed by atoms with Crippen molar-refractivity contribution in [2.24, 2.45) is 0 Å². The minimum Gasteiger partial charge on any atom is -0.379 e. The Hall–Kier alpha value is -2.73. The molecular weight excluding hydrogens is 424 g/mol. The fraction of sp³-hybridized carbons (Fsp3) is 0.458. The smallest absolute Gasteiger partial charge is 0.225 e. The summed E-state index contributed by atoms with van der Waals surface area (Å²) in [7, 11) is 0. The van der Waals surface area contributed by atoms with Gasteiger partial charge in [0.15, 0.2) is 0 Å². The van der Waals surface area contributed by atoms with Crippen LogP contribution in [0.25, 0.3) is 0 Å². The van der Waals surface area contributed by atoms with Crippen LogP contribution in [0, 0.1) is 11.3 Å². The molecule has 0 saturated carbocycles. The summed E-state index contributed by atoms with van der Waals surface area (Å²) in [6.45, 7) is 5.09. The van der Waals surface area contributed by atoms with E-state index in [-0.39, 0.29) is 11.8 Å². The van der Waals surface area contributed by atoms with Crippen LogP contribution in [0.1, 0.15) is 34.4 Å². The lowest BCUT2D eigenvalue weighted by atomic mass is 10.0. The fourth-order valence-corrected chi connectivity index (χ4v) is 5.38. The Kier molecular flexibility index (Phi) is 7.53. The van der Waals surface area contributed by atoms with Gasteiger partial charge in [0.05, 0.1) is 25.3 Å². The first-order valence-electron chi connectivity index (χ1n) is 11.1. The van der Waals surface area contributed by atoms with Crippen molar-refractivity contribution in [3.63, 3.8) is 0 Å². The fourth-order valence-electron chi connectivity index (χ4n) is 4.15. The van der Waals surface area contributed by atoms with Gasteiger partial charge in [-0.15, -0.1) is 11.3 Å². The van der Waals surface area contributed by atoms with Gasteiger partial charge >= 0.3 is 0 Å². The van der Waals surface area contributed by atoms with E-state index in [2.05, 4.69) is 16.3 Å². The molecule has 1 aromatic heterocycles. The zero-order chi connectivity index (χ0) is 22.3. The van der Waals surface area contributed by atoms with Crippen LogP contribution in [-0.4, -0.2) is 61.0 Å². The molecule has 1 N–H and O–H groups in total. The van der Waals surface area contributed by atoms with E-state index < -0.39 is 0 Å². The molecule has 0 spiro atoms. The van der Waals surface area contributed by atoms with Gasteiger partial charge < -0.3 is 15.0 Å². The lowest BCUT2D eigenvalue weighted by Crippen LogP contribution is -2.40. The number of amides is 2.